The molecule has 0 aliphatic rings. The van der Waals surface area contributed by atoms with Gasteiger partial charge in [-0.25, -0.2) is 4.98 Å². The van der Waals surface area contributed by atoms with Crippen molar-refractivity contribution in [3.63, 3.8) is 0 Å². The smallest absolute Gasteiger partial charge is 0.318 e. The fourth-order valence-electron chi connectivity index (χ4n) is 1.43. The number of rotatable bonds is 3. The van der Waals surface area contributed by atoms with E-state index < -0.39 is 11.9 Å². The molecule has 0 radical (unpaired) electrons. The Morgan fingerprint density at radius 1 is 1.38 bits per heavy atom. The molecule has 2 rings (SSSR count). The zero-order valence-corrected chi connectivity index (χ0v) is 8.85. The highest BCUT2D eigenvalue weighted by Crippen LogP contribution is 2.23. The number of benzene rings is 1. The molecule has 0 saturated carbocycles. The lowest BCUT2D eigenvalue weighted by Gasteiger charge is -2.09. The third-order valence-corrected chi connectivity index (χ3v) is 2.41. The van der Waals surface area contributed by atoms with E-state index in [4.69, 9.17) is 16.7 Å². The van der Waals surface area contributed by atoms with E-state index in [1.807, 2.05) is 0 Å². The van der Waals surface area contributed by atoms with Gasteiger partial charge < -0.3 is 5.11 Å². The maximum absolute atomic E-state index is 11.2. The molecule has 0 saturated heterocycles. The Hall–Kier alpha value is -1.88. The highest BCUT2D eigenvalue weighted by atomic mass is 35.5. The molecule has 5 nitrogen and oxygen atoms in total. The summed E-state index contributed by atoms with van der Waals surface area (Å²) < 4.78 is 0. The van der Waals surface area contributed by atoms with Gasteiger partial charge in [-0.3, -0.25) is 9.89 Å². The van der Waals surface area contributed by atoms with Crippen molar-refractivity contribution in [2.24, 2.45) is 0 Å². The van der Waals surface area contributed by atoms with Crippen LogP contribution in [0.25, 0.3) is 0 Å². The van der Waals surface area contributed by atoms with Crippen LogP contribution in [0.2, 0.25) is 5.02 Å². The van der Waals surface area contributed by atoms with Crippen LogP contribution in [0.15, 0.2) is 30.6 Å². The third kappa shape index (κ3) is 2.04. The summed E-state index contributed by atoms with van der Waals surface area (Å²) in [5.74, 6) is -1.53. The minimum atomic E-state index is -0.987. The summed E-state index contributed by atoms with van der Waals surface area (Å²) >= 11 is 5.74. The molecule has 1 aromatic carbocycles. The normalized spacial score (nSPS) is 12.3. The van der Waals surface area contributed by atoms with Gasteiger partial charge in [0.1, 0.15) is 18.1 Å². The van der Waals surface area contributed by atoms with Crippen molar-refractivity contribution in [1.82, 2.24) is 15.2 Å². The molecule has 0 bridgehead atoms. The van der Waals surface area contributed by atoms with Crippen LogP contribution in [-0.4, -0.2) is 26.3 Å². The molecule has 2 aromatic rings. The zero-order valence-electron chi connectivity index (χ0n) is 8.09. The van der Waals surface area contributed by atoms with E-state index in [2.05, 4.69) is 15.2 Å². The molecule has 0 fully saturated rings. The number of aromatic amines is 1. The first-order valence-corrected chi connectivity index (χ1v) is 4.90. The third-order valence-electron chi connectivity index (χ3n) is 2.16. The summed E-state index contributed by atoms with van der Waals surface area (Å²) in [5, 5.41) is 15.9. The second-order valence-corrected chi connectivity index (χ2v) is 3.63. The first-order chi connectivity index (χ1) is 7.68. The molecular formula is C10H8ClN3O2. The van der Waals surface area contributed by atoms with E-state index in [0.29, 0.717) is 16.4 Å². The van der Waals surface area contributed by atoms with E-state index in [1.54, 1.807) is 24.3 Å². The first kappa shape index (κ1) is 10.6. The molecule has 16 heavy (non-hydrogen) atoms. The predicted octanol–water partition coefficient (Wildman–Crippen LogP) is 1.67. The molecule has 0 amide bonds. The van der Waals surface area contributed by atoms with Crippen molar-refractivity contribution < 1.29 is 9.90 Å². The molecule has 82 valence electrons. The van der Waals surface area contributed by atoms with Crippen LogP contribution in [0.1, 0.15) is 17.3 Å². The van der Waals surface area contributed by atoms with E-state index in [1.165, 1.54) is 6.33 Å². The van der Waals surface area contributed by atoms with Crippen molar-refractivity contribution >= 4 is 17.6 Å². The quantitative estimate of drug-likeness (QED) is 0.851. The second-order valence-electron chi connectivity index (χ2n) is 3.19. The summed E-state index contributed by atoms with van der Waals surface area (Å²) in [6.07, 6.45) is 1.28. The van der Waals surface area contributed by atoms with E-state index in [-0.39, 0.29) is 0 Å². The number of aliphatic carboxylic acids is 1. The van der Waals surface area contributed by atoms with Gasteiger partial charge in [0.05, 0.1) is 0 Å². The maximum Gasteiger partial charge on any atom is 0.318 e. The molecule has 1 atom stereocenters. The number of H-pyrrole nitrogens is 1. The van der Waals surface area contributed by atoms with Crippen LogP contribution in [0.3, 0.4) is 0 Å². The van der Waals surface area contributed by atoms with E-state index >= 15 is 0 Å². The SMILES string of the molecule is O=C(O)C(c1ccc(Cl)cc1)c1ncn[nH]1. The summed E-state index contributed by atoms with van der Waals surface area (Å²) in [6, 6.07) is 6.60. The average Bonchev–Trinajstić information content (AvgIpc) is 2.74. The lowest BCUT2D eigenvalue weighted by molar-refractivity contribution is -0.137. The minimum Gasteiger partial charge on any atom is -0.480 e. The molecule has 2 N–H and O–H groups in total. The molecular weight excluding hydrogens is 230 g/mol. The van der Waals surface area contributed by atoms with Crippen molar-refractivity contribution in [3.8, 4) is 0 Å². The van der Waals surface area contributed by atoms with Crippen LogP contribution in [-0.2, 0) is 4.79 Å². The van der Waals surface area contributed by atoms with Crippen molar-refractivity contribution in [3.05, 3.63) is 47.0 Å². The van der Waals surface area contributed by atoms with Crippen LogP contribution >= 0.6 is 11.6 Å². The Morgan fingerprint density at radius 3 is 2.56 bits per heavy atom. The standard InChI is InChI=1S/C10H8ClN3O2/c11-7-3-1-6(2-4-7)8(10(15)16)9-12-5-13-14-9/h1-5,8H,(H,15,16)(H,12,13,14). The fraction of sp³-hybridized carbons (Fsp3) is 0.100. The monoisotopic (exact) mass is 237 g/mol. The zero-order chi connectivity index (χ0) is 11.5. The first-order valence-electron chi connectivity index (χ1n) is 4.52. The fourth-order valence-corrected chi connectivity index (χ4v) is 1.55. The minimum absolute atomic E-state index is 0.301. The second kappa shape index (κ2) is 4.32. The number of nitrogens with zero attached hydrogens (tertiary/aromatic N) is 2. The summed E-state index contributed by atoms with van der Waals surface area (Å²) in [6.45, 7) is 0. The Bertz CT molecular complexity index is 481. The van der Waals surface area contributed by atoms with Gasteiger partial charge in [-0.05, 0) is 17.7 Å². The Morgan fingerprint density at radius 2 is 2.06 bits per heavy atom. The largest absolute Gasteiger partial charge is 0.480 e. The Kier molecular flexibility index (Phi) is 2.87. The molecule has 1 aromatic heterocycles. The predicted molar refractivity (Wildman–Crippen MR) is 57.3 cm³/mol. The number of hydrogen-bond donors (Lipinski definition) is 2. The van der Waals surface area contributed by atoms with E-state index in [9.17, 15) is 4.79 Å². The topological polar surface area (TPSA) is 78.9 Å². The van der Waals surface area contributed by atoms with Crippen LogP contribution in [0.5, 0.6) is 0 Å². The number of carboxylic acid groups (broad SMARTS) is 1. The van der Waals surface area contributed by atoms with Crippen molar-refractivity contribution in [2.75, 3.05) is 0 Å². The number of carbonyl (C=O) groups is 1. The van der Waals surface area contributed by atoms with Gasteiger partial charge in [0.25, 0.3) is 0 Å². The van der Waals surface area contributed by atoms with E-state index in [0.717, 1.165) is 0 Å². The highest BCUT2D eigenvalue weighted by molar-refractivity contribution is 6.30. The van der Waals surface area contributed by atoms with Gasteiger partial charge in [0.15, 0.2) is 0 Å². The average molecular weight is 238 g/mol. The molecule has 0 aliphatic carbocycles. The van der Waals surface area contributed by atoms with Gasteiger partial charge >= 0.3 is 5.97 Å². The number of hydrogen-bond acceptors (Lipinski definition) is 3. The van der Waals surface area contributed by atoms with Gasteiger partial charge in [0, 0.05) is 5.02 Å². The molecule has 0 spiro atoms. The Labute approximate surface area is 96.1 Å². The van der Waals surface area contributed by atoms with Crippen molar-refractivity contribution in [1.29, 1.82) is 0 Å². The van der Waals surface area contributed by atoms with Gasteiger partial charge in [0.2, 0.25) is 0 Å². The molecule has 0 aliphatic heterocycles. The summed E-state index contributed by atoms with van der Waals surface area (Å²) in [5.41, 5.74) is 0.605. The highest BCUT2D eigenvalue weighted by Gasteiger charge is 2.24. The number of aromatic nitrogens is 3. The molecule has 1 unspecified atom stereocenters. The summed E-state index contributed by atoms with van der Waals surface area (Å²) in [4.78, 5) is 15.0. The number of halogens is 1. The lowest BCUT2D eigenvalue weighted by atomic mass is 9.99. The van der Waals surface area contributed by atoms with Gasteiger partial charge in [-0.15, -0.1) is 0 Å². The maximum atomic E-state index is 11.2. The van der Waals surface area contributed by atoms with Gasteiger partial charge in [-0.2, -0.15) is 5.10 Å². The lowest BCUT2D eigenvalue weighted by Crippen LogP contribution is -2.14. The Balaban J connectivity index is 2.41. The summed E-state index contributed by atoms with van der Waals surface area (Å²) in [7, 11) is 0. The molecule has 1 heterocycles. The van der Waals surface area contributed by atoms with Crippen LogP contribution in [0.4, 0.5) is 0 Å². The number of carboxylic acids is 1. The van der Waals surface area contributed by atoms with Crippen LogP contribution in [0, 0.1) is 0 Å². The van der Waals surface area contributed by atoms with Gasteiger partial charge in [-0.1, -0.05) is 23.7 Å². The van der Waals surface area contributed by atoms with Crippen LogP contribution < -0.4 is 0 Å². The number of nitrogens with one attached hydrogen (secondary N) is 1. The van der Waals surface area contributed by atoms with Crippen molar-refractivity contribution in [2.45, 2.75) is 5.92 Å². The molecule has 6 heteroatoms.